The van der Waals surface area contributed by atoms with E-state index in [1.807, 2.05) is 13.0 Å². The first-order chi connectivity index (χ1) is 15.0. The number of hydrogen-bond acceptors (Lipinski definition) is 4. The van der Waals surface area contributed by atoms with Crippen molar-refractivity contribution < 1.29 is 18.0 Å². The Labute approximate surface area is 199 Å². The average molecular weight is 500 g/mol. The van der Waals surface area contributed by atoms with Crippen LogP contribution in [0.1, 0.15) is 24.5 Å². The second kappa shape index (κ2) is 11.0. The van der Waals surface area contributed by atoms with Crippen LogP contribution in [0.4, 0.5) is 5.69 Å². The first-order valence-electron chi connectivity index (χ1n) is 9.97. The Balaban J connectivity index is 2.49. The van der Waals surface area contributed by atoms with E-state index in [-0.39, 0.29) is 12.5 Å². The van der Waals surface area contributed by atoms with Gasteiger partial charge in [0.2, 0.25) is 21.8 Å². The lowest BCUT2D eigenvalue weighted by molar-refractivity contribution is -0.140. The van der Waals surface area contributed by atoms with Gasteiger partial charge in [-0.2, -0.15) is 0 Å². The highest BCUT2D eigenvalue weighted by atomic mass is 35.5. The van der Waals surface area contributed by atoms with E-state index in [0.29, 0.717) is 27.7 Å². The van der Waals surface area contributed by atoms with Crippen molar-refractivity contribution in [3.8, 4) is 0 Å². The summed E-state index contributed by atoms with van der Waals surface area (Å²) in [6, 6.07) is 11.0. The largest absolute Gasteiger partial charge is 0.357 e. The molecule has 32 heavy (non-hydrogen) atoms. The highest BCUT2D eigenvalue weighted by Gasteiger charge is 2.32. The van der Waals surface area contributed by atoms with Gasteiger partial charge in [-0.15, -0.1) is 0 Å². The van der Waals surface area contributed by atoms with Gasteiger partial charge in [0, 0.05) is 29.2 Å². The van der Waals surface area contributed by atoms with Crippen LogP contribution in [0.25, 0.3) is 0 Å². The fourth-order valence-corrected chi connectivity index (χ4v) is 4.70. The van der Waals surface area contributed by atoms with Crippen LogP contribution in [0.5, 0.6) is 0 Å². The molecule has 0 heterocycles. The van der Waals surface area contributed by atoms with Crippen LogP contribution < -0.4 is 9.62 Å². The fraction of sp³-hybridized carbons (Fsp3) is 0.364. The monoisotopic (exact) mass is 499 g/mol. The second-order valence-electron chi connectivity index (χ2n) is 7.37. The van der Waals surface area contributed by atoms with Gasteiger partial charge in [-0.25, -0.2) is 8.42 Å². The van der Waals surface area contributed by atoms with Crippen molar-refractivity contribution >= 4 is 50.7 Å². The van der Waals surface area contributed by atoms with Crippen LogP contribution >= 0.6 is 23.2 Å². The molecule has 1 atom stereocenters. The topological polar surface area (TPSA) is 86.8 Å². The minimum Gasteiger partial charge on any atom is -0.357 e. The minimum absolute atomic E-state index is 0.0469. The summed E-state index contributed by atoms with van der Waals surface area (Å²) < 4.78 is 26.1. The number of nitrogens with one attached hydrogen (secondary N) is 1. The van der Waals surface area contributed by atoms with E-state index < -0.39 is 28.5 Å². The Morgan fingerprint density at radius 1 is 1.09 bits per heavy atom. The number of carbonyl (C=O) groups is 2. The highest BCUT2D eigenvalue weighted by molar-refractivity contribution is 7.92. The van der Waals surface area contributed by atoms with Gasteiger partial charge in [0.25, 0.3) is 0 Å². The van der Waals surface area contributed by atoms with Gasteiger partial charge in [0.1, 0.15) is 12.6 Å². The molecule has 1 N–H and O–H groups in total. The smallest absolute Gasteiger partial charge is 0.244 e. The van der Waals surface area contributed by atoms with E-state index in [2.05, 4.69) is 5.32 Å². The lowest BCUT2D eigenvalue weighted by atomic mass is 10.1. The number of amides is 2. The van der Waals surface area contributed by atoms with Crippen molar-refractivity contribution in [3.05, 3.63) is 63.6 Å². The number of likely N-dealkylation sites (N-methyl/N-ethyl adjacent to an activating group) is 1. The maximum Gasteiger partial charge on any atom is 0.244 e. The molecule has 1 unspecified atom stereocenters. The minimum atomic E-state index is -3.78. The normalized spacial score (nSPS) is 12.2. The first kappa shape index (κ1) is 26.0. The Morgan fingerprint density at radius 3 is 2.19 bits per heavy atom. The molecule has 2 rings (SSSR count). The SMILES string of the molecule is CCC(C(=O)NC)N(Cc1c(Cl)cccc1Cl)C(=O)CN(c1cccc(C)c1)S(C)(=O)=O. The van der Waals surface area contributed by atoms with Gasteiger partial charge in [-0.05, 0) is 43.2 Å². The van der Waals surface area contributed by atoms with Gasteiger partial charge in [0.15, 0.2) is 0 Å². The van der Waals surface area contributed by atoms with E-state index in [0.717, 1.165) is 16.1 Å². The van der Waals surface area contributed by atoms with Gasteiger partial charge >= 0.3 is 0 Å². The summed E-state index contributed by atoms with van der Waals surface area (Å²) in [6.45, 7) is 3.08. The van der Waals surface area contributed by atoms with Crippen LogP contribution in [0.3, 0.4) is 0 Å². The lowest BCUT2D eigenvalue weighted by Gasteiger charge is -2.33. The summed E-state index contributed by atoms with van der Waals surface area (Å²) in [5.41, 5.74) is 1.69. The zero-order chi connectivity index (χ0) is 24.1. The van der Waals surface area contributed by atoms with E-state index in [1.165, 1.54) is 11.9 Å². The van der Waals surface area contributed by atoms with Crippen LogP contribution in [0.15, 0.2) is 42.5 Å². The molecule has 0 bridgehead atoms. The number of rotatable bonds is 9. The lowest BCUT2D eigenvalue weighted by Crippen LogP contribution is -2.51. The molecule has 0 fully saturated rings. The van der Waals surface area contributed by atoms with E-state index in [4.69, 9.17) is 23.2 Å². The maximum absolute atomic E-state index is 13.5. The summed E-state index contributed by atoms with van der Waals surface area (Å²) >= 11 is 12.6. The molecule has 7 nitrogen and oxygen atoms in total. The van der Waals surface area contributed by atoms with Gasteiger partial charge in [-0.1, -0.05) is 48.3 Å². The van der Waals surface area contributed by atoms with Crippen molar-refractivity contribution in [2.24, 2.45) is 0 Å². The highest BCUT2D eigenvalue weighted by Crippen LogP contribution is 2.27. The van der Waals surface area contributed by atoms with Gasteiger partial charge in [-0.3, -0.25) is 13.9 Å². The second-order valence-corrected chi connectivity index (χ2v) is 10.1. The zero-order valence-corrected chi connectivity index (χ0v) is 20.8. The molecule has 0 saturated carbocycles. The summed E-state index contributed by atoms with van der Waals surface area (Å²) in [5.74, 6) is -0.922. The molecule has 0 aromatic heterocycles. The van der Waals surface area contributed by atoms with Crippen LogP contribution in [-0.4, -0.2) is 51.0 Å². The predicted octanol–water partition coefficient (Wildman–Crippen LogP) is 3.62. The fourth-order valence-electron chi connectivity index (χ4n) is 3.34. The molecule has 0 aliphatic carbocycles. The number of hydrogen-bond donors (Lipinski definition) is 1. The molecule has 2 amide bonds. The quantitative estimate of drug-likeness (QED) is 0.570. The molecule has 0 radical (unpaired) electrons. The van der Waals surface area contributed by atoms with Crippen molar-refractivity contribution in [1.29, 1.82) is 0 Å². The van der Waals surface area contributed by atoms with Crippen molar-refractivity contribution in [2.45, 2.75) is 32.9 Å². The Kier molecular flexibility index (Phi) is 8.95. The molecule has 0 spiro atoms. The number of sulfonamides is 1. The van der Waals surface area contributed by atoms with Crippen LogP contribution in [0, 0.1) is 6.92 Å². The Morgan fingerprint density at radius 2 is 1.69 bits per heavy atom. The molecule has 0 aliphatic heterocycles. The number of nitrogens with zero attached hydrogens (tertiary/aromatic N) is 2. The third-order valence-electron chi connectivity index (χ3n) is 4.99. The molecule has 174 valence electrons. The third kappa shape index (κ3) is 6.37. The van der Waals surface area contributed by atoms with E-state index in [1.54, 1.807) is 43.3 Å². The average Bonchev–Trinajstić information content (AvgIpc) is 2.72. The molecular formula is C22H27Cl2N3O4S. The first-order valence-corrected chi connectivity index (χ1v) is 12.6. The number of benzene rings is 2. The number of carbonyl (C=O) groups excluding carboxylic acids is 2. The van der Waals surface area contributed by atoms with E-state index >= 15 is 0 Å². The number of halogens is 2. The van der Waals surface area contributed by atoms with Gasteiger partial charge < -0.3 is 10.2 Å². The number of aryl methyl sites for hydroxylation is 1. The van der Waals surface area contributed by atoms with Crippen molar-refractivity contribution in [2.75, 3.05) is 24.2 Å². The molecule has 0 aliphatic rings. The number of anilines is 1. The molecule has 0 saturated heterocycles. The predicted molar refractivity (Wildman–Crippen MR) is 129 cm³/mol. The molecule has 10 heteroatoms. The summed E-state index contributed by atoms with van der Waals surface area (Å²) in [5, 5.41) is 3.25. The van der Waals surface area contributed by atoms with Crippen molar-refractivity contribution in [1.82, 2.24) is 10.2 Å². The molecule has 2 aromatic rings. The summed E-state index contributed by atoms with van der Waals surface area (Å²) in [6.07, 6.45) is 1.35. The van der Waals surface area contributed by atoms with Gasteiger partial charge in [0.05, 0.1) is 11.9 Å². The standard InChI is InChI=1S/C22H27Cl2N3O4S/c1-5-20(22(29)25-3)26(13-17-18(23)10-7-11-19(17)24)21(28)14-27(32(4,30)31)16-9-6-8-15(2)12-16/h6-12,20H,5,13-14H2,1-4H3,(H,25,29). The van der Waals surface area contributed by atoms with E-state index in [9.17, 15) is 18.0 Å². The Bertz CT molecular complexity index is 1070. The third-order valence-corrected chi connectivity index (χ3v) is 6.84. The summed E-state index contributed by atoms with van der Waals surface area (Å²) in [7, 11) is -2.30. The van der Waals surface area contributed by atoms with Crippen LogP contribution in [-0.2, 0) is 26.2 Å². The van der Waals surface area contributed by atoms with Crippen molar-refractivity contribution in [3.63, 3.8) is 0 Å². The zero-order valence-electron chi connectivity index (χ0n) is 18.4. The van der Waals surface area contributed by atoms with Crippen LogP contribution in [0.2, 0.25) is 10.0 Å². The molecule has 2 aromatic carbocycles. The maximum atomic E-state index is 13.5. The molecular weight excluding hydrogens is 473 g/mol. The Hall–Kier alpha value is -2.29. The summed E-state index contributed by atoms with van der Waals surface area (Å²) in [4.78, 5) is 27.3.